The Balaban J connectivity index is 2.45. The Bertz CT molecular complexity index is 296. The van der Waals surface area contributed by atoms with E-state index in [0.29, 0.717) is 16.9 Å². The fourth-order valence-corrected chi connectivity index (χ4v) is 1.49. The van der Waals surface area contributed by atoms with E-state index in [2.05, 4.69) is 22.2 Å². The molecule has 4 nitrogen and oxygen atoms in total. The summed E-state index contributed by atoms with van der Waals surface area (Å²) in [6, 6.07) is 0. The summed E-state index contributed by atoms with van der Waals surface area (Å²) in [4.78, 5) is 8.00. The Morgan fingerprint density at radius 3 is 2.80 bits per heavy atom. The van der Waals surface area contributed by atoms with Gasteiger partial charge in [-0.1, -0.05) is 24.9 Å². The van der Waals surface area contributed by atoms with Crippen LogP contribution in [0.2, 0.25) is 5.15 Å². The first-order valence-corrected chi connectivity index (χ1v) is 5.47. The zero-order valence-electron chi connectivity index (χ0n) is 8.78. The van der Waals surface area contributed by atoms with Crippen LogP contribution in [-0.2, 0) is 0 Å². The number of hydrogen-bond donors (Lipinski definition) is 2. The van der Waals surface area contributed by atoms with Gasteiger partial charge in [0.15, 0.2) is 11.0 Å². The van der Waals surface area contributed by atoms with Crippen molar-refractivity contribution >= 4 is 17.4 Å². The van der Waals surface area contributed by atoms with E-state index in [1.54, 1.807) is 12.4 Å². The molecular formula is C10H16ClN3O. The van der Waals surface area contributed by atoms with Crippen LogP contribution in [0, 0.1) is 5.92 Å². The highest BCUT2D eigenvalue weighted by Gasteiger charge is 2.07. The number of aliphatic hydroxyl groups is 1. The Hall–Kier alpha value is -0.870. The number of nitrogens with zero attached hydrogens (tertiary/aromatic N) is 2. The summed E-state index contributed by atoms with van der Waals surface area (Å²) in [5, 5.41) is 12.4. The lowest BCUT2D eigenvalue weighted by Crippen LogP contribution is -2.16. The minimum absolute atomic E-state index is 0.217. The standard InChI is InChI=1S/C10H16ClN3O/c1-2-8(3-6-15)7-14-10-9(11)12-4-5-13-10/h4-5,8,15H,2-3,6-7H2,1H3,(H,13,14). The van der Waals surface area contributed by atoms with Crippen LogP contribution in [0.25, 0.3) is 0 Å². The van der Waals surface area contributed by atoms with E-state index in [4.69, 9.17) is 16.7 Å². The molecule has 0 radical (unpaired) electrons. The van der Waals surface area contributed by atoms with Crippen molar-refractivity contribution in [1.82, 2.24) is 9.97 Å². The molecule has 0 aromatic carbocycles. The smallest absolute Gasteiger partial charge is 0.171 e. The number of nitrogens with one attached hydrogen (secondary N) is 1. The summed E-state index contributed by atoms with van der Waals surface area (Å²) >= 11 is 5.84. The van der Waals surface area contributed by atoms with Gasteiger partial charge in [0.2, 0.25) is 0 Å². The van der Waals surface area contributed by atoms with Gasteiger partial charge >= 0.3 is 0 Å². The number of halogens is 1. The molecule has 1 aromatic heterocycles. The lowest BCUT2D eigenvalue weighted by atomic mass is 10.0. The van der Waals surface area contributed by atoms with Gasteiger partial charge in [0.1, 0.15) is 0 Å². The summed E-state index contributed by atoms with van der Waals surface area (Å²) in [5.74, 6) is 1.05. The normalized spacial score (nSPS) is 12.5. The molecule has 84 valence electrons. The van der Waals surface area contributed by atoms with E-state index in [0.717, 1.165) is 19.4 Å². The number of anilines is 1. The fourth-order valence-electron chi connectivity index (χ4n) is 1.31. The summed E-state index contributed by atoms with van der Waals surface area (Å²) in [7, 11) is 0. The van der Waals surface area contributed by atoms with Crippen LogP contribution in [-0.4, -0.2) is 28.2 Å². The van der Waals surface area contributed by atoms with Gasteiger partial charge in [0.25, 0.3) is 0 Å². The van der Waals surface area contributed by atoms with Crippen LogP contribution in [0.15, 0.2) is 12.4 Å². The van der Waals surface area contributed by atoms with E-state index in [1.807, 2.05) is 0 Å². The van der Waals surface area contributed by atoms with Gasteiger partial charge in [-0.2, -0.15) is 0 Å². The van der Waals surface area contributed by atoms with Gasteiger partial charge in [0.05, 0.1) is 0 Å². The number of rotatable bonds is 6. The van der Waals surface area contributed by atoms with Crippen LogP contribution >= 0.6 is 11.6 Å². The van der Waals surface area contributed by atoms with E-state index in [-0.39, 0.29) is 6.61 Å². The van der Waals surface area contributed by atoms with Gasteiger partial charge in [-0.05, 0) is 12.3 Å². The lowest BCUT2D eigenvalue weighted by molar-refractivity contribution is 0.258. The van der Waals surface area contributed by atoms with Crippen LogP contribution < -0.4 is 5.32 Å². The lowest BCUT2D eigenvalue weighted by Gasteiger charge is -2.14. The molecule has 0 aliphatic carbocycles. The monoisotopic (exact) mass is 229 g/mol. The molecule has 1 rings (SSSR count). The number of hydrogen-bond acceptors (Lipinski definition) is 4. The molecule has 0 spiro atoms. The molecule has 1 unspecified atom stereocenters. The van der Waals surface area contributed by atoms with Crippen LogP contribution in [0.5, 0.6) is 0 Å². The summed E-state index contributed by atoms with van der Waals surface area (Å²) < 4.78 is 0. The zero-order chi connectivity index (χ0) is 11.1. The van der Waals surface area contributed by atoms with Crippen molar-refractivity contribution in [3.05, 3.63) is 17.5 Å². The second kappa shape index (κ2) is 6.58. The van der Waals surface area contributed by atoms with Gasteiger partial charge < -0.3 is 10.4 Å². The maximum absolute atomic E-state index is 8.84. The molecule has 5 heteroatoms. The first kappa shape index (κ1) is 12.2. The first-order chi connectivity index (χ1) is 7.27. The Morgan fingerprint density at radius 2 is 2.20 bits per heavy atom. The predicted molar refractivity (Wildman–Crippen MR) is 61.0 cm³/mol. The minimum Gasteiger partial charge on any atom is -0.396 e. The molecule has 1 aromatic rings. The van der Waals surface area contributed by atoms with Crippen LogP contribution in [0.3, 0.4) is 0 Å². The number of aromatic nitrogens is 2. The largest absolute Gasteiger partial charge is 0.396 e. The molecule has 0 aliphatic heterocycles. The van der Waals surface area contributed by atoms with Crippen LogP contribution in [0.4, 0.5) is 5.82 Å². The molecule has 0 saturated carbocycles. The van der Waals surface area contributed by atoms with Crippen molar-refractivity contribution in [2.75, 3.05) is 18.5 Å². The highest BCUT2D eigenvalue weighted by molar-refractivity contribution is 6.31. The summed E-state index contributed by atoms with van der Waals surface area (Å²) in [6.07, 6.45) is 4.96. The molecule has 0 bridgehead atoms. The molecule has 0 amide bonds. The Labute approximate surface area is 94.7 Å². The van der Waals surface area contributed by atoms with Gasteiger partial charge in [-0.3, -0.25) is 0 Å². The van der Waals surface area contributed by atoms with E-state index >= 15 is 0 Å². The van der Waals surface area contributed by atoms with Gasteiger partial charge in [-0.15, -0.1) is 0 Å². The minimum atomic E-state index is 0.217. The van der Waals surface area contributed by atoms with E-state index in [9.17, 15) is 0 Å². The summed E-state index contributed by atoms with van der Waals surface area (Å²) in [5.41, 5.74) is 0. The van der Waals surface area contributed by atoms with Crippen molar-refractivity contribution in [3.63, 3.8) is 0 Å². The van der Waals surface area contributed by atoms with Crippen molar-refractivity contribution in [3.8, 4) is 0 Å². The van der Waals surface area contributed by atoms with Crippen molar-refractivity contribution in [2.24, 2.45) is 5.92 Å². The van der Waals surface area contributed by atoms with Crippen molar-refractivity contribution < 1.29 is 5.11 Å². The average molecular weight is 230 g/mol. The third-order valence-corrected chi connectivity index (χ3v) is 2.60. The second-order valence-corrected chi connectivity index (χ2v) is 3.72. The molecule has 0 fully saturated rings. The Kier molecular flexibility index (Phi) is 5.36. The van der Waals surface area contributed by atoms with E-state index < -0.39 is 0 Å². The highest BCUT2D eigenvalue weighted by Crippen LogP contribution is 2.16. The third-order valence-electron chi connectivity index (χ3n) is 2.33. The Morgan fingerprint density at radius 1 is 1.47 bits per heavy atom. The fraction of sp³-hybridized carbons (Fsp3) is 0.600. The van der Waals surface area contributed by atoms with Crippen molar-refractivity contribution in [1.29, 1.82) is 0 Å². The molecule has 0 aliphatic rings. The predicted octanol–water partition coefficient (Wildman–Crippen LogP) is 1.95. The average Bonchev–Trinajstić information content (AvgIpc) is 2.26. The SMILES string of the molecule is CCC(CCO)CNc1nccnc1Cl. The maximum Gasteiger partial charge on any atom is 0.171 e. The molecular weight excluding hydrogens is 214 g/mol. The van der Waals surface area contributed by atoms with Crippen molar-refractivity contribution in [2.45, 2.75) is 19.8 Å². The zero-order valence-corrected chi connectivity index (χ0v) is 9.54. The molecule has 2 N–H and O–H groups in total. The topological polar surface area (TPSA) is 58.0 Å². The van der Waals surface area contributed by atoms with Crippen LogP contribution in [0.1, 0.15) is 19.8 Å². The maximum atomic E-state index is 8.84. The first-order valence-electron chi connectivity index (χ1n) is 5.09. The quantitative estimate of drug-likeness (QED) is 0.783. The third kappa shape index (κ3) is 4.01. The summed E-state index contributed by atoms with van der Waals surface area (Å²) in [6.45, 7) is 3.07. The van der Waals surface area contributed by atoms with E-state index in [1.165, 1.54) is 0 Å². The van der Waals surface area contributed by atoms with Gasteiger partial charge in [0, 0.05) is 25.5 Å². The molecule has 1 heterocycles. The number of aliphatic hydroxyl groups excluding tert-OH is 1. The second-order valence-electron chi connectivity index (χ2n) is 3.36. The highest BCUT2D eigenvalue weighted by atomic mass is 35.5. The van der Waals surface area contributed by atoms with Gasteiger partial charge in [-0.25, -0.2) is 9.97 Å². The molecule has 15 heavy (non-hydrogen) atoms. The molecule has 0 saturated heterocycles. The molecule has 1 atom stereocenters.